The lowest BCUT2D eigenvalue weighted by atomic mass is 10.4. The van der Waals surface area contributed by atoms with E-state index in [2.05, 4.69) is 4.98 Å². The molecule has 1 saturated carbocycles. The molecule has 1 heterocycles. The Morgan fingerprint density at radius 3 is 2.82 bits per heavy atom. The molecule has 0 spiro atoms. The van der Waals surface area contributed by atoms with Crippen LogP contribution in [0, 0.1) is 0 Å². The van der Waals surface area contributed by atoms with Gasteiger partial charge in [-0.1, -0.05) is 23.2 Å². The Kier molecular flexibility index (Phi) is 3.40. The van der Waals surface area contributed by atoms with E-state index >= 15 is 0 Å². The van der Waals surface area contributed by atoms with Crippen molar-refractivity contribution < 1.29 is 4.79 Å². The Balaban J connectivity index is 2.16. The predicted molar refractivity (Wildman–Crippen MR) is 64.3 cm³/mol. The summed E-state index contributed by atoms with van der Waals surface area (Å²) in [5, 5.41) is -0.202. The molecule has 1 aromatic heterocycles. The van der Waals surface area contributed by atoms with Crippen LogP contribution < -0.4 is 5.56 Å². The number of hydrogen-bond acceptors (Lipinski definition) is 3. The summed E-state index contributed by atoms with van der Waals surface area (Å²) in [6, 6.07) is 0.314. The molecule has 0 radical (unpaired) electrons. The van der Waals surface area contributed by atoms with Crippen LogP contribution in [0.5, 0.6) is 0 Å². The Hall–Kier alpha value is -1.07. The van der Waals surface area contributed by atoms with Gasteiger partial charge in [0.05, 0.1) is 6.33 Å². The van der Waals surface area contributed by atoms with Gasteiger partial charge < -0.3 is 4.90 Å². The summed E-state index contributed by atoms with van der Waals surface area (Å²) >= 11 is 11.3. The molecule has 0 N–H and O–H groups in total. The molecule has 0 unspecified atom stereocenters. The highest BCUT2D eigenvalue weighted by Gasteiger charge is 2.29. The van der Waals surface area contributed by atoms with Gasteiger partial charge in [0.1, 0.15) is 11.6 Å². The molecule has 0 saturated heterocycles. The summed E-state index contributed by atoms with van der Waals surface area (Å²) in [4.78, 5) is 28.9. The first-order valence-electron chi connectivity index (χ1n) is 5.17. The van der Waals surface area contributed by atoms with Crippen molar-refractivity contribution in [3.05, 3.63) is 26.9 Å². The minimum absolute atomic E-state index is 0.0455. The van der Waals surface area contributed by atoms with Gasteiger partial charge in [-0.05, 0) is 12.8 Å². The summed E-state index contributed by atoms with van der Waals surface area (Å²) in [6.07, 6.45) is 3.28. The topological polar surface area (TPSA) is 55.2 Å². The first kappa shape index (κ1) is 12.4. The lowest BCUT2D eigenvalue weighted by molar-refractivity contribution is -0.131. The van der Waals surface area contributed by atoms with Crippen LogP contribution in [0.4, 0.5) is 0 Å². The fraction of sp³-hybridized carbons (Fsp3) is 0.500. The molecule has 7 heteroatoms. The zero-order valence-electron chi connectivity index (χ0n) is 9.19. The number of carbonyl (C=O) groups excluding carboxylic acids is 1. The quantitative estimate of drug-likeness (QED) is 0.779. The summed E-state index contributed by atoms with van der Waals surface area (Å²) in [5.41, 5.74) is -0.496. The second-order valence-electron chi connectivity index (χ2n) is 4.02. The van der Waals surface area contributed by atoms with Crippen LogP contribution >= 0.6 is 23.2 Å². The number of nitrogens with zero attached hydrogens (tertiary/aromatic N) is 3. The maximum atomic E-state index is 11.8. The van der Waals surface area contributed by atoms with E-state index in [9.17, 15) is 9.59 Å². The minimum Gasteiger partial charge on any atom is -0.341 e. The molecule has 17 heavy (non-hydrogen) atoms. The van der Waals surface area contributed by atoms with Crippen LogP contribution in [0.1, 0.15) is 12.8 Å². The number of hydrogen-bond donors (Lipinski definition) is 0. The first-order valence-corrected chi connectivity index (χ1v) is 5.92. The molecular formula is C10H11Cl2N3O2. The van der Waals surface area contributed by atoms with Crippen LogP contribution in [-0.2, 0) is 11.3 Å². The largest absolute Gasteiger partial charge is 0.341 e. The first-order chi connectivity index (χ1) is 8.00. The van der Waals surface area contributed by atoms with Gasteiger partial charge in [0.15, 0.2) is 5.15 Å². The van der Waals surface area contributed by atoms with Crippen molar-refractivity contribution in [2.75, 3.05) is 7.05 Å². The van der Waals surface area contributed by atoms with Crippen molar-refractivity contribution >= 4 is 29.1 Å². The summed E-state index contributed by atoms with van der Waals surface area (Å²) in [7, 11) is 1.73. The van der Waals surface area contributed by atoms with Crippen LogP contribution in [0.2, 0.25) is 10.2 Å². The highest BCUT2D eigenvalue weighted by atomic mass is 35.5. The Morgan fingerprint density at radius 2 is 2.24 bits per heavy atom. The monoisotopic (exact) mass is 275 g/mol. The average molecular weight is 276 g/mol. The van der Waals surface area contributed by atoms with Crippen LogP contribution in [0.15, 0.2) is 11.1 Å². The van der Waals surface area contributed by atoms with Gasteiger partial charge in [-0.25, -0.2) is 4.98 Å². The SMILES string of the molecule is CN(C(=O)Cn1cnc(Cl)c(Cl)c1=O)C1CC1. The summed E-state index contributed by atoms with van der Waals surface area (Å²) in [5.74, 6) is -0.130. The van der Waals surface area contributed by atoms with Crippen molar-refractivity contribution in [3.8, 4) is 0 Å². The van der Waals surface area contributed by atoms with Crippen molar-refractivity contribution in [1.29, 1.82) is 0 Å². The van der Waals surface area contributed by atoms with E-state index < -0.39 is 5.56 Å². The third-order valence-electron chi connectivity index (χ3n) is 2.73. The molecule has 1 amide bonds. The summed E-state index contributed by atoms with van der Waals surface area (Å²) in [6.45, 7) is -0.0598. The Morgan fingerprint density at radius 1 is 1.59 bits per heavy atom. The van der Waals surface area contributed by atoms with E-state index in [0.29, 0.717) is 6.04 Å². The standard InChI is InChI=1S/C10H11Cl2N3O2/c1-14(6-2-3-6)7(16)4-15-5-13-9(12)8(11)10(15)17/h5-6H,2-4H2,1H3. The molecule has 1 fully saturated rings. The van der Waals surface area contributed by atoms with Crippen molar-refractivity contribution in [1.82, 2.24) is 14.5 Å². The van der Waals surface area contributed by atoms with Gasteiger partial charge in [0.25, 0.3) is 5.56 Å². The second kappa shape index (κ2) is 4.66. The highest BCUT2D eigenvalue weighted by molar-refractivity contribution is 6.40. The lowest BCUT2D eigenvalue weighted by Gasteiger charge is -2.16. The molecule has 2 rings (SSSR count). The maximum absolute atomic E-state index is 11.8. The molecule has 1 aliphatic carbocycles. The number of likely N-dealkylation sites (N-methyl/N-ethyl adjacent to an activating group) is 1. The number of aromatic nitrogens is 2. The molecule has 0 bridgehead atoms. The second-order valence-corrected chi connectivity index (χ2v) is 4.75. The van der Waals surface area contributed by atoms with E-state index in [1.165, 1.54) is 6.33 Å². The van der Waals surface area contributed by atoms with Crippen molar-refractivity contribution in [2.45, 2.75) is 25.4 Å². The van der Waals surface area contributed by atoms with Gasteiger partial charge in [-0.3, -0.25) is 14.2 Å². The van der Waals surface area contributed by atoms with Crippen molar-refractivity contribution in [2.24, 2.45) is 0 Å². The molecule has 1 aliphatic rings. The van der Waals surface area contributed by atoms with Gasteiger partial charge in [0, 0.05) is 13.1 Å². The average Bonchev–Trinajstić information content (AvgIpc) is 3.13. The summed E-state index contributed by atoms with van der Waals surface area (Å²) < 4.78 is 1.16. The fourth-order valence-corrected chi connectivity index (χ4v) is 1.76. The Bertz CT molecular complexity index is 511. The number of amides is 1. The van der Waals surface area contributed by atoms with Gasteiger partial charge in [0.2, 0.25) is 5.91 Å². The number of carbonyl (C=O) groups is 1. The van der Waals surface area contributed by atoms with Crippen LogP contribution in [0.25, 0.3) is 0 Å². The normalized spacial score (nSPS) is 14.8. The zero-order valence-corrected chi connectivity index (χ0v) is 10.7. The zero-order chi connectivity index (χ0) is 12.6. The highest BCUT2D eigenvalue weighted by Crippen LogP contribution is 2.25. The van der Waals surface area contributed by atoms with E-state index in [-0.39, 0.29) is 22.6 Å². The number of halogens is 2. The molecule has 0 aromatic carbocycles. The molecule has 0 aliphatic heterocycles. The number of rotatable bonds is 3. The molecule has 1 aromatic rings. The third kappa shape index (κ3) is 2.61. The lowest BCUT2D eigenvalue weighted by Crippen LogP contribution is -2.35. The van der Waals surface area contributed by atoms with Crippen molar-refractivity contribution in [3.63, 3.8) is 0 Å². The molecule has 92 valence electrons. The van der Waals surface area contributed by atoms with E-state index in [1.54, 1.807) is 11.9 Å². The molecule has 0 atom stereocenters. The minimum atomic E-state index is -0.496. The Labute approximate surface area is 108 Å². The maximum Gasteiger partial charge on any atom is 0.274 e. The molecular weight excluding hydrogens is 265 g/mol. The predicted octanol–water partition coefficient (Wildman–Crippen LogP) is 1.17. The van der Waals surface area contributed by atoms with E-state index in [4.69, 9.17) is 23.2 Å². The van der Waals surface area contributed by atoms with Crippen LogP contribution in [0.3, 0.4) is 0 Å². The fourth-order valence-electron chi connectivity index (χ4n) is 1.48. The van der Waals surface area contributed by atoms with Crippen LogP contribution in [-0.4, -0.2) is 33.4 Å². The van der Waals surface area contributed by atoms with Gasteiger partial charge in [-0.15, -0.1) is 0 Å². The third-order valence-corrected chi connectivity index (χ3v) is 3.46. The van der Waals surface area contributed by atoms with E-state index in [0.717, 1.165) is 17.4 Å². The molecule has 5 nitrogen and oxygen atoms in total. The smallest absolute Gasteiger partial charge is 0.274 e. The van der Waals surface area contributed by atoms with E-state index in [1.807, 2.05) is 0 Å². The van der Waals surface area contributed by atoms with Gasteiger partial charge >= 0.3 is 0 Å². The van der Waals surface area contributed by atoms with Gasteiger partial charge in [-0.2, -0.15) is 0 Å².